The lowest BCUT2D eigenvalue weighted by atomic mass is 10.1. The van der Waals surface area contributed by atoms with Gasteiger partial charge in [-0.25, -0.2) is 9.78 Å². The number of nitrogens with one attached hydrogen (secondary N) is 1. The van der Waals surface area contributed by atoms with Crippen molar-refractivity contribution in [2.75, 3.05) is 7.11 Å². The van der Waals surface area contributed by atoms with Crippen molar-refractivity contribution in [2.24, 2.45) is 0 Å². The summed E-state index contributed by atoms with van der Waals surface area (Å²) in [7, 11) is 1.29. The molecule has 8 heteroatoms. The van der Waals surface area contributed by atoms with Crippen molar-refractivity contribution >= 4 is 23.7 Å². The van der Waals surface area contributed by atoms with Crippen molar-refractivity contribution in [2.45, 2.75) is 30.7 Å². The van der Waals surface area contributed by atoms with E-state index in [-0.39, 0.29) is 18.4 Å². The summed E-state index contributed by atoms with van der Waals surface area (Å²) in [6, 6.07) is 16.0. The van der Waals surface area contributed by atoms with E-state index in [9.17, 15) is 14.4 Å². The van der Waals surface area contributed by atoms with E-state index in [1.54, 1.807) is 6.92 Å². The van der Waals surface area contributed by atoms with Crippen LogP contribution < -0.4 is 10.3 Å². The SMILES string of the molecule is COC(=O)c1ccc(OC(=O)CCc2c(C)nc(SCc3ccccc3)[nH]c2=O)cc1. The summed E-state index contributed by atoms with van der Waals surface area (Å²) in [5.41, 5.74) is 2.30. The molecule has 0 aliphatic rings. The molecule has 1 heterocycles. The summed E-state index contributed by atoms with van der Waals surface area (Å²) < 4.78 is 9.89. The molecule has 0 bridgehead atoms. The van der Waals surface area contributed by atoms with Gasteiger partial charge in [0.15, 0.2) is 5.16 Å². The normalized spacial score (nSPS) is 10.5. The molecular formula is C23H22N2O5S. The van der Waals surface area contributed by atoms with Crippen LogP contribution in [-0.4, -0.2) is 29.0 Å². The van der Waals surface area contributed by atoms with Gasteiger partial charge in [-0.1, -0.05) is 42.1 Å². The molecule has 0 saturated heterocycles. The minimum Gasteiger partial charge on any atom is -0.465 e. The number of H-pyrrole nitrogens is 1. The predicted octanol–water partition coefficient (Wildman–Crippen LogP) is 3.70. The molecule has 0 aliphatic heterocycles. The highest BCUT2D eigenvalue weighted by molar-refractivity contribution is 7.98. The van der Waals surface area contributed by atoms with Crippen LogP contribution in [0.3, 0.4) is 0 Å². The standard InChI is InChI=1S/C23H22N2O5S/c1-15-19(21(27)25-23(24-15)31-14-16-6-4-3-5-7-16)12-13-20(26)30-18-10-8-17(9-11-18)22(28)29-2/h3-11H,12-14H2,1-2H3,(H,24,25,27). The third-order valence-electron chi connectivity index (χ3n) is 4.51. The van der Waals surface area contributed by atoms with Crippen LogP contribution in [0.2, 0.25) is 0 Å². The van der Waals surface area contributed by atoms with Crippen LogP contribution in [0.5, 0.6) is 5.75 Å². The molecule has 0 saturated carbocycles. The van der Waals surface area contributed by atoms with Crippen LogP contribution in [0.4, 0.5) is 0 Å². The first-order chi connectivity index (χ1) is 15.0. The topological polar surface area (TPSA) is 98.3 Å². The number of methoxy groups -OCH3 is 1. The van der Waals surface area contributed by atoms with E-state index in [4.69, 9.17) is 4.74 Å². The van der Waals surface area contributed by atoms with Gasteiger partial charge in [-0.05, 0) is 43.2 Å². The number of nitrogens with zero attached hydrogens (tertiary/aromatic N) is 1. The lowest BCUT2D eigenvalue weighted by Gasteiger charge is -2.08. The predicted molar refractivity (Wildman–Crippen MR) is 117 cm³/mol. The van der Waals surface area contributed by atoms with Crippen LogP contribution >= 0.6 is 11.8 Å². The fraction of sp³-hybridized carbons (Fsp3) is 0.217. The molecule has 0 fully saturated rings. The number of thioether (sulfide) groups is 1. The van der Waals surface area contributed by atoms with E-state index in [0.29, 0.717) is 33.5 Å². The van der Waals surface area contributed by atoms with E-state index < -0.39 is 11.9 Å². The average Bonchev–Trinajstić information content (AvgIpc) is 2.78. The summed E-state index contributed by atoms with van der Waals surface area (Å²) in [6.07, 6.45) is 0.248. The Kier molecular flexibility index (Phi) is 7.61. The second-order valence-electron chi connectivity index (χ2n) is 6.70. The van der Waals surface area contributed by atoms with Gasteiger partial charge in [-0.15, -0.1) is 0 Å². The quantitative estimate of drug-likeness (QED) is 0.248. The van der Waals surface area contributed by atoms with Crippen molar-refractivity contribution in [1.29, 1.82) is 0 Å². The van der Waals surface area contributed by atoms with Crippen LogP contribution in [0.15, 0.2) is 64.5 Å². The van der Waals surface area contributed by atoms with E-state index in [1.165, 1.54) is 43.1 Å². The summed E-state index contributed by atoms with van der Waals surface area (Å²) in [5.74, 6) is 0.0654. The average molecular weight is 439 g/mol. The molecule has 0 spiro atoms. The Bertz CT molecular complexity index is 1110. The molecule has 0 amide bonds. The first-order valence-corrected chi connectivity index (χ1v) is 10.6. The van der Waals surface area contributed by atoms with Crippen molar-refractivity contribution in [3.05, 3.63) is 87.3 Å². The number of aryl methyl sites for hydroxylation is 1. The van der Waals surface area contributed by atoms with Gasteiger partial charge in [0, 0.05) is 17.0 Å². The van der Waals surface area contributed by atoms with Crippen molar-refractivity contribution in [3.8, 4) is 5.75 Å². The molecule has 31 heavy (non-hydrogen) atoms. The Morgan fingerprint density at radius 2 is 1.77 bits per heavy atom. The summed E-state index contributed by atoms with van der Waals surface area (Å²) >= 11 is 1.45. The Hall–Kier alpha value is -3.39. The van der Waals surface area contributed by atoms with E-state index in [1.807, 2.05) is 30.3 Å². The van der Waals surface area contributed by atoms with E-state index in [2.05, 4.69) is 14.7 Å². The maximum atomic E-state index is 12.5. The number of esters is 2. The van der Waals surface area contributed by atoms with Crippen LogP contribution in [0.25, 0.3) is 0 Å². The zero-order valence-corrected chi connectivity index (χ0v) is 18.0. The van der Waals surface area contributed by atoms with Gasteiger partial charge in [0.05, 0.1) is 19.1 Å². The number of carbonyl (C=O) groups excluding carboxylic acids is 2. The molecule has 0 radical (unpaired) electrons. The van der Waals surface area contributed by atoms with Gasteiger partial charge in [-0.3, -0.25) is 9.59 Å². The number of carbonyl (C=O) groups is 2. The minimum atomic E-state index is -0.479. The number of hydrogen-bond donors (Lipinski definition) is 1. The van der Waals surface area contributed by atoms with E-state index >= 15 is 0 Å². The third kappa shape index (κ3) is 6.29. The van der Waals surface area contributed by atoms with Gasteiger partial charge < -0.3 is 14.5 Å². The Labute approximate surface area is 183 Å². The minimum absolute atomic E-state index is 0.0286. The van der Waals surface area contributed by atoms with Gasteiger partial charge in [-0.2, -0.15) is 0 Å². The maximum Gasteiger partial charge on any atom is 0.337 e. The zero-order valence-electron chi connectivity index (χ0n) is 17.2. The molecular weight excluding hydrogens is 416 g/mol. The zero-order chi connectivity index (χ0) is 22.2. The third-order valence-corrected chi connectivity index (χ3v) is 5.45. The van der Waals surface area contributed by atoms with Gasteiger partial charge >= 0.3 is 11.9 Å². The molecule has 2 aromatic carbocycles. The molecule has 7 nitrogen and oxygen atoms in total. The fourth-order valence-electron chi connectivity index (χ4n) is 2.86. The first-order valence-electron chi connectivity index (χ1n) is 9.62. The van der Waals surface area contributed by atoms with Crippen LogP contribution in [-0.2, 0) is 21.7 Å². The summed E-state index contributed by atoms with van der Waals surface area (Å²) in [5, 5.41) is 0.545. The molecule has 0 aliphatic carbocycles. The summed E-state index contributed by atoms with van der Waals surface area (Å²) in [6.45, 7) is 1.76. The summed E-state index contributed by atoms with van der Waals surface area (Å²) in [4.78, 5) is 43.3. The number of hydrogen-bond acceptors (Lipinski definition) is 7. The molecule has 3 rings (SSSR count). The van der Waals surface area contributed by atoms with Gasteiger partial charge in [0.2, 0.25) is 0 Å². The molecule has 3 aromatic rings. The van der Waals surface area contributed by atoms with Crippen molar-refractivity contribution in [3.63, 3.8) is 0 Å². The van der Waals surface area contributed by atoms with Crippen LogP contribution in [0, 0.1) is 6.92 Å². The molecule has 1 N–H and O–H groups in total. The first kappa shape index (κ1) is 22.3. The largest absolute Gasteiger partial charge is 0.465 e. The molecule has 160 valence electrons. The van der Waals surface area contributed by atoms with E-state index in [0.717, 1.165) is 5.56 Å². The number of aromatic nitrogens is 2. The Balaban J connectivity index is 1.56. The van der Waals surface area contributed by atoms with Crippen molar-refractivity contribution in [1.82, 2.24) is 9.97 Å². The fourth-order valence-corrected chi connectivity index (χ4v) is 3.72. The maximum absolute atomic E-state index is 12.5. The molecule has 0 unspecified atom stereocenters. The lowest BCUT2D eigenvalue weighted by molar-refractivity contribution is -0.134. The highest BCUT2D eigenvalue weighted by Crippen LogP contribution is 2.19. The number of rotatable bonds is 8. The Morgan fingerprint density at radius 3 is 2.42 bits per heavy atom. The molecule has 0 atom stereocenters. The smallest absolute Gasteiger partial charge is 0.337 e. The van der Waals surface area contributed by atoms with Crippen molar-refractivity contribution < 1.29 is 19.1 Å². The number of benzene rings is 2. The Morgan fingerprint density at radius 1 is 1.06 bits per heavy atom. The van der Waals surface area contributed by atoms with Gasteiger partial charge in [0.1, 0.15) is 5.75 Å². The monoisotopic (exact) mass is 438 g/mol. The van der Waals surface area contributed by atoms with Gasteiger partial charge in [0.25, 0.3) is 5.56 Å². The lowest BCUT2D eigenvalue weighted by Crippen LogP contribution is -2.19. The second-order valence-corrected chi connectivity index (χ2v) is 7.66. The number of ether oxygens (including phenoxy) is 2. The highest BCUT2D eigenvalue weighted by atomic mass is 32.2. The highest BCUT2D eigenvalue weighted by Gasteiger charge is 2.13. The second kappa shape index (κ2) is 10.6. The van der Waals surface area contributed by atoms with Crippen LogP contribution in [0.1, 0.15) is 33.6 Å². The molecule has 1 aromatic heterocycles. The number of aromatic amines is 1.